The molecule has 0 radical (unpaired) electrons. The van der Waals surface area contributed by atoms with Crippen molar-refractivity contribution in [3.63, 3.8) is 0 Å². The van der Waals surface area contributed by atoms with Gasteiger partial charge in [-0.15, -0.1) is 0 Å². The van der Waals surface area contributed by atoms with Crippen LogP contribution in [0.5, 0.6) is 5.75 Å². The highest BCUT2D eigenvalue weighted by atomic mass is 19.1. The van der Waals surface area contributed by atoms with E-state index in [0.29, 0.717) is 11.3 Å². The van der Waals surface area contributed by atoms with Crippen LogP contribution >= 0.6 is 0 Å². The maximum atomic E-state index is 13.3. The third kappa shape index (κ3) is 3.32. The molecule has 3 nitrogen and oxygen atoms in total. The average molecular weight is 278 g/mol. The molecule has 2 aromatic carbocycles. The number of ether oxygens (including phenoxy) is 1. The minimum atomic E-state index is -1.22. The molecule has 0 saturated carbocycles. The Hall–Kier alpha value is -2.43. The monoisotopic (exact) mass is 278 g/mol. The number of hydrogen-bond acceptors (Lipinski definition) is 2. The molecule has 2 rings (SSSR count). The van der Waals surface area contributed by atoms with Crippen LogP contribution in [0.4, 0.5) is 8.78 Å². The van der Waals surface area contributed by atoms with E-state index in [2.05, 4.69) is 0 Å². The second-order valence-electron chi connectivity index (χ2n) is 4.35. The zero-order chi connectivity index (χ0) is 14.7. The van der Waals surface area contributed by atoms with E-state index < -0.39 is 17.6 Å². The first-order valence-corrected chi connectivity index (χ1v) is 5.87. The van der Waals surface area contributed by atoms with E-state index in [1.807, 2.05) is 0 Å². The third-order valence-electron chi connectivity index (χ3n) is 2.75. The Bertz CT molecular complexity index is 654. The van der Waals surface area contributed by atoms with Crippen LogP contribution in [0, 0.1) is 18.6 Å². The second kappa shape index (κ2) is 5.69. The molecule has 5 heteroatoms. The molecule has 0 aliphatic carbocycles. The number of benzene rings is 2. The minimum absolute atomic E-state index is 0.0394. The van der Waals surface area contributed by atoms with Crippen LogP contribution in [-0.2, 0) is 6.61 Å². The molecule has 1 N–H and O–H groups in total. The smallest absolute Gasteiger partial charge is 0.335 e. The number of carboxylic acids is 1. The summed E-state index contributed by atoms with van der Waals surface area (Å²) in [5, 5.41) is 8.84. The number of hydrogen-bond donors (Lipinski definition) is 1. The fourth-order valence-corrected chi connectivity index (χ4v) is 1.75. The summed E-state index contributed by atoms with van der Waals surface area (Å²) in [5.41, 5.74) is 0.951. The van der Waals surface area contributed by atoms with Gasteiger partial charge in [0.05, 0.1) is 5.56 Å². The van der Waals surface area contributed by atoms with E-state index in [-0.39, 0.29) is 12.2 Å². The van der Waals surface area contributed by atoms with Crippen molar-refractivity contribution in [1.29, 1.82) is 0 Å². The molecule has 0 saturated heterocycles. The summed E-state index contributed by atoms with van der Waals surface area (Å²) in [6, 6.07) is 7.54. The van der Waals surface area contributed by atoms with E-state index in [9.17, 15) is 13.6 Å². The van der Waals surface area contributed by atoms with Crippen molar-refractivity contribution in [3.8, 4) is 5.75 Å². The van der Waals surface area contributed by atoms with Crippen LogP contribution < -0.4 is 4.74 Å². The summed E-state index contributed by atoms with van der Waals surface area (Å²) in [4.78, 5) is 10.8. The van der Waals surface area contributed by atoms with E-state index >= 15 is 0 Å². The molecule has 0 aromatic heterocycles. The molecule has 0 unspecified atom stereocenters. The minimum Gasteiger partial charge on any atom is -0.489 e. The van der Waals surface area contributed by atoms with Gasteiger partial charge in [0.2, 0.25) is 0 Å². The molecule has 0 bridgehead atoms. The Morgan fingerprint density at radius 3 is 2.60 bits per heavy atom. The van der Waals surface area contributed by atoms with Gasteiger partial charge in [0.15, 0.2) is 0 Å². The van der Waals surface area contributed by atoms with Crippen LogP contribution in [0.1, 0.15) is 21.5 Å². The Balaban J connectivity index is 2.18. The Kier molecular flexibility index (Phi) is 3.98. The standard InChI is InChI=1S/C15H12F2O3/c1-9-2-3-12(16)7-14(9)20-8-10-4-11(15(18)19)6-13(17)5-10/h2-7H,8H2,1H3,(H,18,19). The maximum absolute atomic E-state index is 13.3. The largest absolute Gasteiger partial charge is 0.489 e. The summed E-state index contributed by atoms with van der Waals surface area (Å²) in [7, 11) is 0. The number of aromatic carboxylic acids is 1. The molecule has 104 valence electrons. The van der Waals surface area contributed by atoms with Gasteiger partial charge in [0.25, 0.3) is 0 Å². The number of carboxylic acid groups (broad SMARTS) is 1. The lowest BCUT2D eigenvalue weighted by Crippen LogP contribution is -2.02. The Morgan fingerprint density at radius 2 is 1.90 bits per heavy atom. The van der Waals surface area contributed by atoms with E-state index in [1.54, 1.807) is 13.0 Å². The molecule has 0 amide bonds. The molecule has 0 fully saturated rings. The van der Waals surface area contributed by atoms with Gasteiger partial charge >= 0.3 is 5.97 Å². The highest BCUT2D eigenvalue weighted by molar-refractivity contribution is 5.87. The third-order valence-corrected chi connectivity index (χ3v) is 2.75. The van der Waals surface area contributed by atoms with Gasteiger partial charge < -0.3 is 9.84 Å². The van der Waals surface area contributed by atoms with Gasteiger partial charge in [0, 0.05) is 6.07 Å². The van der Waals surface area contributed by atoms with Crippen molar-refractivity contribution in [1.82, 2.24) is 0 Å². The summed E-state index contributed by atoms with van der Waals surface area (Å²) < 4.78 is 31.8. The van der Waals surface area contributed by atoms with Crippen molar-refractivity contribution in [2.75, 3.05) is 0 Å². The normalized spacial score (nSPS) is 10.3. The van der Waals surface area contributed by atoms with Gasteiger partial charge in [-0.25, -0.2) is 13.6 Å². The topological polar surface area (TPSA) is 46.5 Å². The van der Waals surface area contributed by atoms with Crippen LogP contribution in [0.25, 0.3) is 0 Å². The van der Waals surface area contributed by atoms with Gasteiger partial charge in [-0.1, -0.05) is 6.07 Å². The average Bonchev–Trinajstić information content (AvgIpc) is 2.39. The second-order valence-corrected chi connectivity index (χ2v) is 4.35. The van der Waals surface area contributed by atoms with Crippen LogP contribution in [0.15, 0.2) is 36.4 Å². The number of rotatable bonds is 4. The van der Waals surface area contributed by atoms with Crippen molar-refractivity contribution in [2.45, 2.75) is 13.5 Å². The summed E-state index contributed by atoms with van der Waals surface area (Å²) >= 11 is 0. The van der Waals surface area contributed by atoms with Gasteiger partial charge in [-0.2, -0.15) is 0 Å². The zero-order valence-corrected chi connectivity index (χ0v) is 10.7. The highest BCUT2D eigenvalue weighted by Crippen LogP contribution is 2.20. The number of carbonyl (C=O) groups is 1. The first kappa shape index (κ1) is 14.0. The molecule has 20 heavy (non-hydrogen) atoms. The molecule has 0 atom stereocenters. The molecule has 0 aliphatic rings. The Morgan fingerprint density at radius 1 is 1.15 bits per heavy atom. The van der Waals surface area contributed by atoms with Gasteiger partial charge in [-0.05, 0) is 42.3 Å². The van der Waals surface area contributed by atoms with Crippen LogP contribution in [0.3, 0.4) is 0 Å². The first-order valence-electron chi connectivity index (χ1n) is 5.87. The van der Waals surface area contributed by atoms with E-state index in [1.165, 1.54) is 24.3 Å². The van der Waals surface area contributed by atoms with E-state index in [0.717, 1.165) is 11.6 Å². The SMILES string of the molecule is Cc1ccc(F)cc1OCc1cc(F)cc(C(=O)O)c1. The molecule has 0 spiro atoms. The van der Waals surface area contributed by atoms with Crippen molar-refractivity contribution < 1.29 is 23.4 Å². The van der Waals surface area contributed by atoms with Gasteiger partial charge in [-0.3, -0.25) is 0 Å². The first-order chi connectivity index (χ1) is 9.45. The number of aryl methyl sites for hydroxylation is 1. The molecular formula is C15H12F2O3. The summed E-state index contributed by atoms with van der Waals surface area (Å²) in [6.07, 6.45) is 0. The quantitative estimate of drug-likeness (QED) is 0.930. The van der Waals surface area contributed by atoms with Gasteiger partial charge in [0.1, 0.15) is 24.0 Å². The van der Waals surface area contributed by atoms with Crippen molar-refractivity contribution >= 4 is 5.97 Å². The lowest BCUT2D eigenvalue weighted by Gasteiger charge is -2.10. The molecule has 0 heterocycles. The lowest BCUT2D eigenvalue weighted by atomic mass is 10.1. The van der Waals surface area contributed by atoms with E-state index in [4.69, 9.17) is 9.84 Å². The summed E-state index contributed by atoms with van der Waals surface area (Å²) in [5.74, 6) is -1.96. The fraction of sp³-hybridized carbons (Fsp3) is 0.133. The van der Waals surface area contributed by atoms with Crippen LogP contribution in [-0.4, -0.2) is 11.1 Å². The predicted octanol–water partition coefficient (Wildman–Crippen LogP) is 3.55. The maximum Gasteiger partial charge on any atom is 0.335 e. The molecule has 0 aliphatic heterocycles. The van der Waals surface area contributed by atoms with Crippen LogP contribution in [0.2, 0.25) is 0 Å². The van der Waals surface area contributed by atoms with Crippen molar-refractivity contribution in [3.05, 3.63) is 64.7 Å². The fourth-order valence-electron chi connectivity index (χ4n) is 1.75. The van der Waals surface area contributed by atoms with Crippen molar-refractivity contribution in [2.24, 2.45) is 0 Å². The zero-order valence-electron chi connectivity index (χ0n) is 10.7. The lowest BCUT2D eigenvalue weighted by molar-refractivity contribution is 0.0696. The molecular weight excluding hydrogens is 266 g/mol. The Labute approximate surface area is 114 Å². The summed E-state index contributed by atoms with van der Waals surface area (Å²) in [6.45, 7) is 1.71. The predicted molar refractivity (Wildman–Crippen MR) is 68.8 cm³/mol. The highest BCUT2D eigenvalue weighted by Gasteiger charge is 2.08. The number of halogens is 2. The molecule has 2 aromatic rings.